The van der Waals surface area contributed by atoms with Crippen molar-refractivity contribution in [2.45, 2.75) is 70.1 Å². The van der Waals surface area contributed by atoms with Crippen LogP contribution >= 0.6 is 0 Å². The number of fused-ring (bicyclic) bond motifs is 4. The zero-order valence-electron chi connectivity index (χ0n) is 16.1. The summed E-state index contributed by atoms with van der Waals surface area (Å²) in [7, 11) is 0. The van der Waals surface area contributed by atoms with Gasteiger partial charge in [0, 0.05) is 24.7 Å². The first-order valence-corrected chi connectivity index (χ1v) is 9.64. The number of epoxide rings is 1. The summed E-state index contributed by atoms with van der Waals surface area (Å²) in [5.74, 6) is -0.996. The Bertz CT molecular complexity index is 770. The summed E-state index contributed by atoms with van der Waals surface area (Å²) in [5, 5.41) is 10.7. The predicted octanol–water partition coefficient (Wildman–Crippen LogP) is 1.12. The van der Waals surface area contributed by atoms with Gasteiger partial charge in [-0.05, 0) is 19.8 Å². The van der Waals surface area contributed by atoms with Crippen molar-refractivity contribution in [2.24, 2.45) is 16.7 Å². The van der Waals surface area contributed by atoms with Crippen LogP contribution in [0.5, 0.6) is 0 Å². The van der Waals surface area contributed by atoms with Crippen molar-refractivity contribution in [2.75, 3.05) is 13.2 Å². The van der Waals surface area contributed by atoms with Crippen LogP contribution in [0.4, 0.5) is 0 Å². The molecule has 8 atom stereocenters. The maximum absolute atomic E-state index is 11.7. The molecule has 5 aliphatic rings. The Kier molecular flexibility index (Phi) is 3.22. The summed E-state index contributed by atoms with van der Waals surface area (Å²) < 4.78 is 23.7. The molecule has 2 saturated heterocycles. The molecule has 2 spiro atoms. The van der Waals surface area contributed by atoms with Crippen LogP contribution in [0.25, 0.3) is 0 Å². The maximum Gasteiger partial charge on any atom is 0.303 e. The van der Waals surface area contributed by atoms with Crippen molar-refractivity contribution in [1.82, 2.24) is 0 Å². The van der Waals surface area contributed by atoms with Gasteiger partial charge in [-0.15, -0.1) is 0 Å². The smallest absolute Gasteiger partial charge is 0.303 e. The minimum absolute atomic E-state index is 0.229. The van der Waals surface area contributed by atoms with Crippen LogP contribution in [0.2, 0.25) is 0 Å². The van der Waals surface area contributed by atoms with E-state index in [-0.39, 0.29) is 24.6 Å². The van der Waals surface area contributed by atoms with Crippen LogP contribution in [0.1, 0.15) is 40.5 Å². The van der Waals surface area contributed by atoms with E-state index in [2.05, 4.69) is 19.9 Å². The van der Waals surface area contributed by atoms with Gasteiger partial charge in [-0.1, -0.05) is 18.6 Å². The first kappa shape index (κ1) is 17.6. The molecule has 148 valence electrons. The Hall–Kier alpha value is -1.44. The molecule has 5 rings (SSSR count). The average Bonchev–Trinajstić information content (AvgIpc) is 3.36. The van der Waals surface area contributed by atoms with Gasteiger partial charge in [0.15, 0.2) is 6.10 Å². The number of hydrogen-bond acceptors (Lipinski definition) is 7. The van der Waals surface area contributed by atoms with Gasteiger partial charge < -0.3 is 24.1 Å². The second-order valence-electron chi connectivity index (χ2n) is 9.08. The number of carbonyl (C=O) groups excluding carboxylic acids is 2. The largest absolute Gasteiger partial charge is 0.465 e. The van der Waals surface area contributed by atoms with Crippen molar-refractivity contribution < 1.29 is 33.6 Å². The third-order valence-electron chi connectivity index (χ3n) is 8.21. The van der Waals surface area contributed by atoms with E-state index in [0.717, 1.165) is 12.8 Å². The standard InChI is InChI=1S/C20H26O7/c1-10-5-6-18(8-24-11(2)21)13(7-10)27-20-15(14(23)16(20)26-12(3)22)19(9-25-19)17(18,20)4/h7,13-16,23H,5-6,8-9H2,1-4H3/t13-,14+,15-,16-,17-,18-,19+,20?/m1/s1. The predicted molar refractivity (Wildman–Crippen MR) is 91.5 cm³/mol. The molecule has 2 aliphatic heterocycles. The number of aliphatic hydroxyl groups is 1. The fourth-order valence-electron chi connectivity index (χ4n) is 6.96. The highest BCUT2D eigenvalue weighted by atomic mass is 16.6. The summed E-state index contributed by atoms with van der Waals surface area (Å²) in [6, 6.07) is 0. The number of carbonyl (C=O) groups is 2. The topological polar surface area (TPSA) is 94.6 Å². The molecule has 0 aromatic carbocycles. The number of aliphatic hydroxyl groups excluding tert-OH is 1. The van der Waals surface area contributed by atoms with E-state index < -0.39 is 40.2 Å². The quantitative estimate of drug-likeness (QED) is 0.447. The van der Waals surface area contributed by atoms with Crippen LogP contribution in [0.3, 0.4) is 0 Å². The van der Waals surface area contributed by atoms with E-state index in [1.54, 1.807) is 0 Å². The summed E-state index contributed by atoms with van der Waals surface area (Å²) >= 11 is 0. The third-order valence-corrected chi connectivity index (χ3v) is 8.21. The molecule has 0 aromatic rings. The molecule has 1 N–H and O–H groups in total. The average molecular weight is 378 g/mol. The molecule has 4 fully saturated rings. The highest BCUT2D eigenvalue weighted by Crippen LogP contribution is 2.87. The van der Waals surface area contributed by atoms with Crippen molar-refractivity contribution in [1.29, 1.82) is 0 Å². The molecular formula is C20H26O7. The van der Waals surface area contributed by atoms with Crippen LogP contribution in [-0.4, -0.2) is 59.8 Å². The molecule has 2 saturated carbocycles. The molecule has 0 bridgehead atoms. The molecule has 0 aromatic heterocycles. The number of rotatable bonds is 3. The van der Waals surface area contributed by atoms with Gasteiger partial charge in [-0.3, -0.25) is 9.59 Å². The lowest BCUT2D eigenvalue weighted by Gasteiger charge is -2.76. The van der Waals surface area contributed by atoms with Gasteiger partial charge >= 0.3 is 11.9 Å². The van der Waals surface area contributed by atoms with E-state index >= 15 is 0 Å². The SMILES string of the molecule is CC(=O)OC[C@]12CCC(C)=C[C@H]1OC13[C@H](OC(C)=O)[C@@H](O)[C@@H]1[C@@]1(CO1)[C@]32C. The van der Waals surface area contributed by atoms with E-state index in [4.69, 9.17) is 18.9 Å². The molecule has 7 heteroatoms. The van der Waals surface area contributed by atoms with Gasteiger partial charge in [0.25, 0.3) is 0 Å². The Balaban J connectivity index is 1.63. The van der Waals surface area contributed by atoms with Gasteiger partial charge in [0.1, 0.15) is 23.9 Å². The molecule has 27 heavy (non-hydrogen) atoms. The Morgan fingerprint density at radius 3 is 2.63 bits per heavy atom. The normalized spacial score (nSPS) is 53.9. The zero-order valence-corrected chi connectivity index (χ0v) is 16.1. The summed E-state index contributed by atoms with van der Waals surface area (Å²) in [6.45, 7) is 7.70. The zero-order chi connectivity index (χ0) is 19.4. The fourth-order valence-corrected chi connectivity index (χ4v) is 6.96. The molecular weight excluding hydrogens is 352 g/mol. The number of ether oxygens (including phenoxy) is 4. The van der Waals surface area contributed by atoms with Crippen LogP contribution in [0, 0.1) is 16.7 Å². The van der Waals surface area contributed by atoms with Gasteiger partial charge in [-0.25, -0.2) is 0 Å². The number of allylic oxidation sites excluding steroid dienone is 1. The summed E-state index contributed by atoms with van der Waals surface area (Å²) in [4.78, 5) is 23.3. The summed E-state index contributed by atoms with van der Waals surface area (Å²) in [6.07, 6.45) is 1.98. The van der Waals surface area contributed by atoms with Gasteiger partial charge in [0.05, 0.1) is 18.6 Å². The van der Waals surface area contributed by atoms with Crippen molar-refractivity contribution >= 4 is 11.9 Å². The highest BCUT2D eigenvalue weighted by molar-refractivity contribution is 5.67. The molecule has 1 unspecified atom stereocenters. The summed E-state index contributed by atoms with van der Waals surface area (Å²) in [5.41, 5.74) is -1.07. The minimum Gasteiger partial charge on any atom is -0.465 e. The number of hydrogen-bond donors (Lipinski definition) is 1. The maximum atomic E-state index is 11.7. The lowest BCUT2D eigenvalue weighted by molar-refractivity contribution is -0.398. The van der Waals surface area contributed by atoms with E-state index in [1.807, 2.05) is 0 Å². The van der Waals surface area contributed by atoms with Gasteiger partial charge in [0.2, 0.25) is 0 Å². The van der Waals surface area contributed by atoms with Crippen molar-refractivity contribution in [3.05, 3.63) is 11.6 Å². The molecule has 0 amide bonds. The molecule has 2 heterocycles. The lowest BCUT2D eigenvalue weighted by Crippen LogP contribution is -2.92. The van der Waals surface area contributed by atoms with Crippen molar-refractivity contribution in [3.8, 4) is 0 Å². The Morgan fingerprint density at radius 2 is 2.04 bits per heavy atom. The third kappa shape index (κ3) is 1.63. The fraction of sp³-hybridized carbons (Fsp3) is 0.800. The van der Waals surface area contributed by atoms with Crippen LogP contribution in [-0.2, 0) is 28.5 Å². The second kappa shape index (κ2) is 4.93. The van der Waals surface area contributed by atoms with E-state index in [1.165, 1.54) is 19.4 Å². The molecule has 0 radical (unpaired) electrons. The second-order valence-corrected chi connectivity index (χ2v) is 9.08. The van der Waals surface area contributed by atoms with E-state index in [9.17, 15) is 14.7 Å². The Morgan fingerprint density at radius 1 is 1.33 bits per heavy atom. The molecule has 7 nitrogen and oxygen atoms in total. The van der Waals surface area contributed by atoms with Crippen LogP contribution < -0.4 is 0 Å². The highest BCUT2D eigenvalue weighted by Gasteiger charge is 3.01. The van der Waals surface area contributed by atoms with Gasteiger partial charge in [-0.2, -0.15) is 0 Å². The Labute approximate surface area is 158 Å². The lowest BCUT2D eigenvalue weighted by atomic mass is 9.28. The van der Waals surface area contributed by atoms with Crippen molar-refractivity contribution in [3.63, 3.8) is 0 Å². The van der Waals surface area contributed by atoms with Crippen LogP contribution in [0.15, 0.2) is 11.6 Å². The van der Waals surface area contributed by atoms with E-state index in [0.29, 0.717) is 6.61 Å². The number of esters is 2. The first-order valence-electron chi connectivity index (χ1n) is 9.64. The first-order chi connectivity index (χ1) is 12.7. The molecule has 3 aliphatic carbocycles. The minimum atomic E-state index is -0.805. The monoisotopic (exact) mass is 378 g/mol.